The zero-order chi connectivity index (χ0) is 14.8. The van der Waals surface area contributed by atoms with Gasteiger partial charge in [0.15, 0.2) is 5.76 Å². The van der Waals surface area contributed by atoms with Gasteiger partial charge in [0.25, 0.3) is 5.89 Å². The summed E-state index contributed by atoms with van der Waals surface area (Å²) in [6.45, 7) is 5.57. The van der Waals surface area contributed by atoms with Crippen molar-refractivity contribution in [3.8, 4) is 11.7 Å². The number of furan rings is 1. The van der Waals surface area contributed by atoms with E-state index in [1.165, 1.54) is 10.4 Å². The van der Waals surface area contributed by atoms with Crippen LogP contribution in [0.15, 0.2) is 32.6 Å². The normalized spacial score (nSPS) is 11.4. The van der Waals surface area contributed by atoms with Gasteiger partial charge in [0, 0.05) is 17.0 Å². The molecule has 0 saturated carbocycles. The Bertz CT molecular complexity index is 729. The highest BCUT2D eigenvalue weighted by Crippen LogP contribution is 2.23. The predicted molar refractivity (Wildman–Crippen MR) is 81.0 cm³/mol. The number of rotatable bonds is 5. The Hall–Kier alpha value is -1.92. The topological polar surface area (TPSA) is 55.3 Å². The van der Waals surface area contributed by atoms with Gasteiger partial charge in [0.1, 0.15) is 0 Å². The summed E-state index contributed by atoms with van der Waals surface area (Å²) in [5.74, 6) is 1.68. The molecule has 21 heavy (non-hydrogen) atoms. The smallest absolute Gasteiger partial charge is 0.283 e. The molecule has 5 nitrogen and oxygen atoms in total. The van der Waals surface area contributed by atoms with E-state index in [-0.39, 0.29) is 0 Å². The predicted octanol–water partition coefficient (Wildman–Crippen LogP) is 3.64. The number of aromatic nitrogens is 2. The molecule has 0 aliphatic rings. The monoisotopic (exact) mass is 303 g/mol. The van der Waals surface area contributed by atoms with Crippen molar-refractivity contribution in [1.29, 1.82) is 0 Å². The van der Waals surface area contributed by atoms with Gasteiger partial charge in [-0.05, 0) is 44.0 Å². The maximum Gasteiger partial charge on any atom is 0.283 e. The summed E-state index contributed by atoms with van der Waals surface area (Å²) in [7, 11) is 2.04. The van der Waals surface area contributed by atoms with Gasteiger partial charge in [0.2, 0.25) is 5.89 Å². The Kier molecular flexibility index (Phi) is 3.90. The molecule has 0 amide bonds. The molecule has 0 bridgehead atoms. The Morgan fingerprint density at radius 2 is 2.00 bits per heavy atom. The molecule has 0 atom stereocenters. The van der Waals surface area contributed by atoms with E-state index in [2.05, 4.69) is 33.5 Å². The largest absolute Gasteiger partial charge is 0.459 e. The zero-order valence-electron chi connectivity index (χ0n) is 12.3. The van der Waals surface area contributed by atoms with E-state index in [0.29, 0.717) is 24.1 Å². The lowest BCUT2D eigenvalue weighted by molar-refractivity contribution is 0.284. The highest BCUT2D eigenvalue weighted by atomic mass is 32.1. The SMILES string of the molecule is Cc1ccoc1-c1nnc(CN(C)Cc2sccc2C)o1. The van der Waals surface area contributed by atoms with Gasteiger partial charge >= 0.3 is 0 Å². The maximum atomic E-state index is 5.67. The van der Waals surface area contributed by atoms with Crippen molar-refractivity contribution in [2.75, 3.05) is 7.05 Å². The molecule has 0 aromatic carbocycles. The molecule has 3 heterocycles. The molecule has 0 aliphatic heterocycles. The first kappa shape index (κ1) is 14.0. The van der Waals surface area contributed by atoms with Crippen LogP contribution in [0.4, 0.5) is 0 Å². The number of hydrogen-bond donors (Lipinski definition) is 0. The second kappa shape index (κ2) is 5.83. The maximum absolute atomic E-state index is 5.67. The summed E-state index contributed by atoms with van der Waals surface area (Å²) in [6.07, 6.45) is 1.63. The first-order valence-electron chi connectivity index (χ1n) is 6.72. The molecule has 3 rings (SSSR count). The van der Waals surface area contributed by atoms with Crippen LogP contribution in [0.25, 0.3) is 11.7 Å². The molecule has 0 radical (unpaired) electrons. The van der Waals surface area contributed by atoms with Gasteiger partial charge in [0.05, 0.1) is 12.8 Å². The Morgan fingerprint density at radius 1 is 1.14 bits per heavy atom. The van der Waals surface area contributed by atoms with Crippen molar-refractivity contribution < 1.29 is 8.83 Å². The van der Waals surface area contributed by atoms with Crippen LogP contribution >= 0.6 is 11.3 Å². The summed E-state index contributed by atoms with van der Waals surface area (Å²) in [5, 5.41) is 10.3. The molecular formula is C15H17N3O2S. The van der Waals surface area contributed by atoms with Crippen LogP contribution < -0.4 is 0 Å². The molecule has 0 spiro atoms. The van der Waals surface area contributed by atoms with Crippen LogP contribution in [0.3, 0.4) is 0 Å². The fourth-order valence-corrected chi connectivity index (χ4v) is 3.08. The highest BCUT2D eigenvalue weighted by molar-refractivity contribution is 7.10. The van der Waals surface area contributed by atoms with E-state index in [1.54, 1.807) is 17.6 Å². The minimum absolute atomic E-state index is 0.438. The lowest BCUT2D eigenvalue weighted by Crippen LogP contribution is -2.17. The van der Waals surface area contributed by atoms with Crippen LogP contribution in [0.2, 0.25) is 0 Å². The van der Waals surface area contributed by atoms with Crippen molar-refractivity contribution in [2.45, 2.75) is 26.9 Å². The summed E-state index contributed by atoms with van der Waals surface area (Å²) in [6, 6.07) is 4.02. The molecule has 3 aromatic heterocycles. The van der Waals surface area contributed by atoms with Gasteiger partial charge in [-0.2, -0.15) is 0 Å². The van der Waals surface area contributed by atoms with E-state index in [9.17, 15) is 0 Å². The number of hydrogen-bond acceptors (Lipinski definition) is 6. The molecule has 0 aliphatic carbocycles. The highest BCUT2D eigenvalue weighted by Gasteiger charge is 2.15. The molecule has 0 saturated heterocycles. The van der Waals surface area contributed by atoms with Crippen molar-refractivity contribution in [1.82, 2.24) is 15.1 Å². The average molecular weight is 303 g/mol. The average Bonchev–Trinajstić information content (AvgIpc) is 3.13. The zero-order valence-corrected chi connectivity index (χ0v) is 13.1. The van der Waals surface area contributed by atoms with Gasteiger partial charge in [-0.1, -0.05) is 0 Å². The first-order chi connectivity index (χ1) is 10.1. The molecule has 6 heteroatoms. The van der Waals surface area contributed by atoms with E-state index >= 15 is 0 Å². The quantitative estimate of drug-likeness (QED) is 0.720. The van der Waals surface area contributed by atoms with E-state index in [4.69, 9.17) is 8.83 Å². The molecule has 0 N–H and O–H groups in total. The molecule has 0 fully saturated rings. The molecular weight excluding hydrogens is 286 g/mol. The van der Waals surface area contributed by atoms with Gasteiger partial charge in [-0.15, -0.1) is 21.5 Å². The number of thiophene rings is 1. The lowest BCUT2D eigenvalue weighted by atomic mass is 10.3. The Labute approximate surface area is 127 Å². The van der Waals surface area contributed by atoms with Gasteiger partial charge in [-0.3, -0.25) is 4.90 Å². The molecule has 3 aromatic rings. The van der Waals surface area contributed by atoms with Crippen LogP contribution in [0.1, 0.15) is 21.9 Å². The fourth-order valence-electron chi connectivity index (χ4n) is 2.10. The Morgan fingerprint density at radius 3 is 2.67 bits per heavy atom. The number of aryl methyl sites for hydroxylation is 2. The van der Waals surface area contributed by atoms with Crippen LogP contribution in [0.5, 0.6) is 0 Å². The third-order valence-corrected chi connectivity index (χ3v) is 4.32. The van der Waals surface area contributed by atoms with Crippen molar-refractivity contribution in [2.24, 2.45) is 0 Å². The second-order valence-corrected chi connectivity index (χ2v) is 6.13. The standard InChI is InChI=1S/C15H17N3O2S/c1-10-5-7-21-12(10)8-18(3)9-13-16-17-15(20-13)14-11(2)4-6-19-14/h4-7H,8-9H2,1-3H3. The third kappa shape index (κ3) is 3.06. The third-order valence-electron chi connectivity index (χ3n) is 3.31. The number of nitrogens with zero attached hydrogens (tertiary/aromatic N) is 3. The van der Waals surface area contributed by atoms with Crippen molar-refractivity contribution in [3.05, 3.63) is 45.7 Å². The van der Waals surface area contributed by atoms with Crippen LogP contribution in [-0.2, 0) is 13.1 Å². The van der Waals surface area contributed by atoms with E-state index < -0.39 is 0 Å². The fraction of sp³-hybridized carbons (Fsp3) is 0.333. The van der Waals surface area contributed by atoms with Crippen molar-refractivity contribution in [3.63, 3.8) is 0 Å². The lowest BCUT2D eigenvalue weighted by Gasteiger charge is -2.13. The minimum atomic E-state index is 0.438. The Balaban J connectivity index is 1.67. The van der Waals surface area contributed by atoms with Crippen LogP contribution in [0, 0.1) is 13.8 Å². The summed E-state index contributed by atoms with van der Waals surface area (Å²) in [4.78, 5) is 3.52. The summed E-state index contributed by atoms with van der Waals surface area (Å²) >= 11 is 1.77. The minimum Gasteiger partial charge on any atom is -0.459 e. The van der Waals surface area contributed by atoms with Crippen LogP contribution in [-0.4, -0.2) is 22.1 Å². The van der Waals surface area contributed by atoms with E-state index in [0.717, 1.165) is 12.1 Å². The van der Waals surface area contributed by atoms with E-state index in [1.807, 2.05) is 20.0 Å². The molecule has 110 valence electrons. The summed E-state index contributed by atoms with van der Waals surface area (Å²) < 4.78 is 11.0. The summed E-state index contributed by atoms with van der Waals surface area (Å²) in [5.41, 5.74) is 2.32. The van der Waals surface area contributed by atoms with Crippen molar-refractivity contribution >= 4 is 11.3 Å². The second-order valence-electron chi connectivity index (χ2n) is 5.13. The van der Waals surface area contributed by atoms with Gasteiger partial charge < -0.3 is 8.83 Å². The molecule has 0 unspecified atom stereocenters. The first-order valence-corrected chi connectivity index (χ1v) is 7.60. The van der Waals surface area contributed by atoms with Gasteiger partial charge in [-0.25, -0.2) is 0 Å².